The molecule has 1 fully saturated rings. The Morgan fingerprint density at radius 1 is 1.16 bits per heavy atom. The van der Waals surface area contributed by atoms with Crippen LogP contribution in [-0.4, -0.2) is 20.3 Å². The van der Waals surface area contributed by atoms with Gasteiger partial charge in [0.05, 0.1) is 6.61 Å². The fourth-order valence-electron chi connectivity index (χ4n) is 3.13. The Kier molecular flexibility index (Phi) is 3.37. The molecule has 1 heterocycles. The monoisotopic (exact) mass is 263 g/mol. The molecule has 0 unspecified atom stereocenters. The summed E-state index contributed by atoms with van der Waals surface area (Å²) in [7, 11) is 1.69. The smallest absolute Gasteiger partial charge is 0.167 e. The van der Waals surface area contributed by atoms with Gasteiger partial charge < -0.3 is 19.9 Å². The predicted molar refractivity (Wildman–Crippen MR) is 72.5 cm³/mol. The first-order valence-corrected chi connectivity index (χ1v) is 6.94. The molecule has 1 aromatic carbocycles. The van der Waals surface area contributed by atoms with Crippen LogP contribution in [0.25, 0.3) is 0 Å². The van der Waals surface area contributed by atoms with Gasteiger partial charge in [0.15, 0.2) is 11.5 Å². The van der Waals surface area contributed by atoms with Crippen LogP contribution in [0.1, 0.15) is 36.8 Å². The second kappa shape index (κ2) is 5.02. The number of hydrogen-bond acceptors (Lipinski definition) is 4. The van der Waals surface area contributed by atoms with E-state index < -0.39 is 0 Å². The first-order valence-electron chi connectivity index (χ1n) is 6.94. The minimum Gasteiger partial charge on any atom is -0.486 e. The van der Waals surface area contributed by atoms with Crippen molar-refractivity contribution in [3.05, 3.63) is 23.3 Å². The molecule has 0 amide bonds. The lowest BCUT2D eigenvalue weighted by Gasteiger charge is -2.31. The van der Waals surface area contributed by atoms with Gasteiger partial charge in [-0.2, -0.15) is 0 Å². The molecule has 0 saturated heterocycles. The molecule has 2 N–H and O–H groups in total. The van der Waals surface area contributed by atoms with Crippen molar-refractivity contribution >= 4 is 0 Å². The van der Waals surface area contributed by atoms with E-state index in [0.29, 0.717) is 19.8 Å². The van der Waals surface area contributed by atoms with Crippen molar-refractivity contribution in [3.63, 3.8) is 0 Å². The van der Waals surface area contributed by atoms with Crippen molar-refractivity contribution in [2.75, 3.05) is 20.3 Å². The zero-order chi connectivity index (χ0) is 13.3. The quantitative estimate of drug-likeness (QED) is 0.909. The average Bonchev–Trinajstić information content (AvgIpc) is 2.87. The molecule has 1 aliphatic carbocycles. The van der Waals surface area contributed by atoms with Crippen LogP contribution in [0.2, 0.25) is 0 Å². The highest BCUT2D eigenvalue weighted by Gasteiger charge is 2.36. The molecule has 2 aliphatic rings. The molecule has 0 radical (unpaired) electrons. The first kappa shape index (κ1) is 12.8. The molecule has 104 valence electrons. The molecule has 0 spiro atoms. The SMILES string of the molecule is COCc1ccc(C2(N)CCCC2)c2c1OCCO2. The standard InChI is InChI=1S/C15H21NO3/c1-17-10-11-4-5-12(15(16)6-2-3-7-15)14-13(11)18-8-9-19-14/h4-5H,2-3,6-10,16H2,1H3. The maximum atomic E-state index is 6.56. The molecule has 3 rings (SSSR count). The minimum absolute atomic E-state index is 0.254. The predicted octanol–water partition coefficient (Wildman–Crippen LogP) is 2.33. The molecule has 4 nitrogen and oxygen atoms in total. The third kappa shape index (κ3) is 2.19. The van der Waals surface area contributed by atoms with Gasteiger partial charge in [0, 0.05) is 23.8 Å². The highest BCUT2D eigenvalue weighted by atomic mass is 16.6. The molecule has 4 heteroatoms. The highest BCUT2D eigenvalue weighted by Crippen LogP contribution is 2.46. The number of ether oxygens (including phenoxy) is 3. The fraction of sp³-hybridized carbons (Fsp3) is 0.600. The Morgan fingerprint density at radius 2 is 1.84 bits per heavy atom. The summed E-state index contributed by atoms with van der Waals surface area (Å²) in [5.41, 5.74) is 8.44. The van der Waals surface area contributed by atoms with Gasteiger partial charge in [-0.05, 0) is 12.8 Å². The number of hydrogen-bond donors (Lipinski definition) is 1. The van der Waals surface area contributed by atoms with E-state index in [4.69, 9.17) is 19.9 Å². The van der Waals surface area contributed by atoms with E-state index in [1.54, 1.807) is 7.11 Å². The van der Waals surface area contributed by atoms with Crippen LogP contribution in [0.15, 0.2) is 12.1 Å². The summed E-state index contributed by atoms with van der Waals surface area (Å²) < 4.78 is 16.9. The van der Waals surface area contributed by atoms with Gasteiger partial charge in [-0.25, -0.2) is 0 Å². The molecular formula is C15H21NO3. The average molecular weight is 263 g/mol. The molecule has 0 aromatic heterocycles. The first-order chi connectivity index (χ1) is 9.24. The summed E-state index contributed by atoms with van der Waals surface area (Å²) >= 11 is 0. The van der Waals surface area contributed by atoms with E-state index in [1.807, 2.05) is 0 Å². The number of fused-ring (bicyclic) bond motifs is 1. The lowest BCUT2D eigenvalue weighted by atomic mass is 9.87. The Labute approximate surface area is 113 Å². The molecule has 1 aromatic rings. The number of rotatable bonds is 3. The summed E-state index contributed by atoms with van der Waals surface area (Å²) in [5, 5.41) is 0. The number of methoxy groups -OCH3 is 1. The topological polar surface area (TPSA) is 53.7 Å². The Bertz CT molecular complexity index is 467. The van der Waals surface area contributed by atoms with Gasteiger partial charge in [0.1, 0.15) is 13.2 Å². The largest absolute Gasteiger partial charge is 0.486 e. The van der Waals surface area contributed by atoms with Gasteiger partial charge in [-0.3, -0.25) is 0 Å². The zero-order valence-corrected chi connectivity index (χ0v) is 11.4. The summed E-state index contributed by atoms with van der Waals surface area (Å²) in [6, 6.07) is 4.15. The molecule has 1 saturated carbocycles. The Balaban J connectivity index is 2.06. The van der Waals surface area contributed by atoms with Gasteiger partial charge in [0.25, 0.3) is 0 Å². The maximum absolute atomic E-state index is 6.56. The van der Waals surface area contributed by atoms with Crippen molar-refractivity contribution in [3.8, 4) is 11.5 Å². The summed E-state index contributed by atoms with van der Waals surface area (Å²) in [5.74, 6) is 1.66. The summed E-state index contributed by atoms with van der Waals surface area (Å²) in [4.78, 5) is 0. The van der Waals surface area contributed by atoms with Crippen molar-refractivity contribution in [1.82, 2.24) is 0 Å². The normalized spacial score (nSPS) is 20.5. The van der Waals surface area contributed by atoms with Crippen LogP contribution >= 0.6 is 0 Å². The molecule has 0 atom stereocenters. The van der Waals surface area contributed by atoms with Gasteiger partial charge in [-0.1, -0.05) is 25.0 Å². The molecular weight excluding hydrogens is 242 g/mol. The van der Waals surface area contributed by atoms with E-state index in [-0.39, 0.29) is 5.54 Å². The van der Waals surface area contributed by atoms with E-state index in [2.05, 4.69) is 12.1 Å². The molecule has 19 heavy (non-hydrogen) atoms. The van der Waals surface area contributed by atoms with Gasteiger partial charge in [-0.15, -0.1) is 0 Å². The number of benzene rings is 1. The summed E-state index contributed by atoms with van der Waals surface area (Å²) in [6.45, 7) is 1.71. The molecule has 1 aliphatic heterocycles. The van der Waals surface area contributed by atoms with Crippen molar-refractivity contribution in [2.45, 2.75) is 37.8 Å². The van der Waals surface area contributed by atoms with Crippen molar-refractivity contribution in [1.29, 1.82) is 0 Å². The van der Waals surface area contributed by atoms with Crippen molar-refractivity contribution in [2.24, 2.45) is 5.73 Å². The van der Waals surface area contributed by atoms with Gasteiger partial charge in [0.2, 0.25) is 0 Å². The second-order valence-corrected chi connectivity index (χ2v) is 5.42. The van der Waals surface area contributed by atoms with E-state index in [9.17, 15) is 0 Å². The summed E-state index contributed by atoms with van der Waals surface area (Å²) in [6.07, 6.45) is 4.41. The van der Waals surface area contributed by atoms with Crippen LogP contribution in [0, 0.1) is 0 Å². The van der Waals surface area contributed by atoms with Gasteiger partial charge >= 0.3 is 0 Å². The highest BCUT2D eigenvalue weighted by molar-refractivity contribution is 5.55. The maximum Gasteiger partial charge on any atom is 0.167 e. The van der Waals surface area contributed by atoms with Crippen LogP contribution < -0.4 is 15.2 Å². The Hall–Kier alpha value is -1.26. The lowest BCUT2D eigenvalue weighted by molar-refractivity contribution is 0.150. The Morgan fingerprint density at radius 3 is 2.53 bits per heavy atom. The zero-order valence-electron chi connectivity index (χ0n) is 11.4. The lowest BCUT2D eigenvalue weighted by Crippen LogP contribution is -2.34. The third-order valence-electron chi connectivity index (χ3n) is 4.10. The van der Waals surface area contributed by atoms with Crippen LogP contribution in [0.5, 0.6) is 11.5 Å². The fourth-order valence-corrected chi connectivity index (χ4v) is 3.13. The van der Waals surface area contributed by atoms with Crippen LogP contribution in [0.3, 0.4) is 0 Å². The third-order valence-corrected chi connectivity index (χ3v) is 4.10. The molecule has 0 bridgehead atoms. The van der Waals surface area contributed by atoms with E-state index in [0.717, 1.165) is 35.5 Å². The van der Waals surface area contributed by atoms with Crippen LogP contribution in [0.4, 0.5) is 0 Å². The van der Waals surface area contributed by atoms with E-state index in [1.165, 1.54) is 12.8 Å². The minimum atomic E-state index is -0.254. The number of nitrogens with two attached hydrogens (primary N) is 1. The second-order valence-electron chi connectivity index (χ2n) is 5.42. The van der Waals surface area contributed by atoms with E-state index >= 15 is 0 Å². The van der Waals surface area contributed by atoms with Crippen LogP contribution in [-0.2, 0) is 16.9 Å². The van der Waals surface area contributed by atoms with Crippen molar-refractivity contribution < 1.29 is 14.2 Å².